The number of hydrogen-bond donors (Lipinski definition) is 2. The Morgan fingerprint density at radius 2 is 1.81 bits per heavy atom. The molecule has 6 heteroatoms. The molecule has 0 atom stereocenters. The molecule has 0 radical (unpaired) electrons. The fourth-order valence-corrected chi connectivity index (χ4v) is 2.94. The fourth-order valence-electron chi connectivity index (χ4n) is 2.94. The van der Waals surface area contributed by atoms with E-state index in [9.17, 15) is 9.59 Å². The van der Waals surface area contributed by atoms with Gasteiger partial charge in [-0.15, -0.1) is 0 Å². The van der Waals surface area contributed by atoms with Gasteiger partial charge >= 0.3 is 0 Å². The lowest BCUT2D eigenvalue weighted by molar-refractivity contribution is -0.123. The van der Waals surface area contributed by atoms with Crippen molar-refractivity contribution in [3.05, 3.63) is 59.2 Å². The molecule has 3 N–H and O–H groups in total. The van der Waals surface area contributed by atoms with E-state index >= 15 is 0 Å². The van der Waals surface area contributed by atoms with E-state index in [0.29, 0.717) is 24.5 Å². The third kappa shape index (κ3) is 4.75. The molecular formula is C20H22N2O4. The minimum absolute atomic E-state index is 0.138. The van der Waals surface area contributed by atoms with E-state index in [1.54, 1.807) is 18.2 Å². The van der Waals surface area contributed by atoms with Crippen molar-refractivity contribution >= 4 is 11.8 Å². The number of benzene rings is 2. The Morgan fingerprint density at radius 1 is 1.00 bits per heavy atom. The van der Waals surface area contributed by atoms with Crippen LogP contribution in [-0.4, -0.2) is 31.6 Å². The molecule has 0 fully saturated rings. The number of primary amides is 1. The molecule has 0 aromatic heterocycles. The molecule has 3 rings (SSSR count). The van der Waals surface area contributed by atoms with Crippen LogP contribution in [0.5, 0.6) is 11.5 Å². The maximum atomic E-state index is 11.8. The maximum absolute atomic E-state index is 11.8. The molecule has 1 aliphatic rings. The van der Waals surface area contributed by atoms with Gasteiger partial charge in [0, 0.05) is 5.56 Å². The van der Waals surface area contributed by atoms with Gasteiger partial charge < -0.3 is 20.5 Å². The lowest BCUT2D eigenvalue weighted by atomic mass is 10.1. The molecule has 136 valence electrons. The van der Waals surface area contributed by atoms with Gasteiger partial charge in [-0.3, -0.25) is 9.59 Å². The normalized spacial score (nSPS) is 12.3. The largest absolute Gasteiger partial charge is 0.492 e. The van der Waals surface area contributed by atoms with Crippen LogP contribution < -0.4 is 20.5 Å². The summed E-state index contributed by atoms with van der Waals surface area (Å²) in [7, 11) is 0. The first-order valence-electron chi connectivity index (χ1n) is 8.66. The van der Waals surface area contributed by atoms with Crippen LogP contribution in [0.25, 0.3) is 0 Å². The number of nitrogens with one attached hydrogen (secondary N) is 1. The molecule has 0 heterocycles. The molecule has 2 aromatic rings. The van der Waals surface area contributed by atoms with Crippen molar-refractivity contribution in [2.75, 3.05) is 19.8 Å². The monoisotopic (exact) mass is 354 g/mol. The Labute approximate surface area is 152 Å². The number of carbonyl (C=O) groups excluding carboxylic acids is 2. The first kappa shape index (κ1) is 17.8. The van der Waals surface area contributed by atoms with E-state index in [-0.39, 0.29) is 12.5 Å². The molecule has 0 aliphatic heterocycles. The van der Waals surface area contributed by atoms with E-state index in [1.165, 1.54) is 23.6 Å². The van der Waals surface area contributed by atoms with Crippen molar-refractivity contribution in [1.82, 2.24) is 5.32 Å². The zero-order valence-electron chi connectivity index (χ0n) is 14.5. The summed E-state index contributed by atoms with van der Waals surface area (Å²) in [6.45, 7) is 0.642. The number of carbonyl (C=O) groups is 2. The standard InChI is InChI=1S/C20H22N2O4/c21-20(24)16-5-2-6-17(12-16)26-13-19(23)22-9-10-25-18-8-7-14-3-1-4-15(14)11-18/h2,5-8,11-12H,1,3-4,9-10,13H2,(H2,21,24)(H,22,23). The lowest BCUT2D eigenvalue weighted by Crippen LogP contribution is -2.32. The van der Waals surface area contributed by atoms with E-state index in [2.05, 4.69) is 17.4 Å². The Bertz CT molecular complexity index is 804. The number of rotatable bonds is 8. The summed E-state index contributed by atoms with van der Waals surface area (Å²) < 4.78 is 11.0. The summed E-state index contributed by atoms with van der Waals surface area (Å²) in [5, 5.41) is 2.73. The molecule has 0 bridgehead atoms. The minimum Gasteiger partial charge on any atom is -0.492 e. The average molecular weight is 354 g/mol. The van der Waals surface area contributed by atoms with Gasteiger partial charge in [0.15, 0.2) is 6.61 Å². The second-order valence-corrected chi connectivity index (χ2v) is 6.16. The van der Waals surface area contributed by atoms with Gasteiger partial charge in [0.2, 0.25) is 5.91 Å². The number of nitrogens with two attached hydrogens (primary N) is 1. The predicted molar refractivity (Wildman–Crippen MR) is 97.4 cm³/mol. The average Bonchev–Trinajstić information content (AvgIpc) is 3.11. The van der Waals surface area contributed by atoms with Crippen LogP contribution in [0.4, 0.5) is 0 Å². The van der Waals surface area contributed by atoms with Crippen LogP contribution in [0.1, 0.15) is 27.9 Å². The highest BCUT2D eigenvalue weighted by Crippen LogP contribution is 2.25. The highest BCUT2D eigenvalue weighted by Gasteiger charge is 2.11. The van der Waals surface area contributed by atoms with Gasteiger partial charge in [0.1, 0.15) is 18.1 Å². The van der Waals surface area contributed by atoms with E-state index in [4.69, 9.17) is 15.2 Å². The van der Waals surface area contributed by atoms with Crippen molar-refractivity contribution in [2.45, 2.75) is 19.3 Å². The van der Waals surface area contributed by atoms with Gasteiger partial charge in [-0.1, -0.05) is 12.1 Å². The summed E-state index contributed by atoms with van der Waals surface area (Å²) in [6.07, 6.45) is 3.46. The van der Waals surface area contributed by atoms with Gasteiger partial charge in [-0.25, -0.2) is 0 Å². The van der Waals surface area contributed by atoms with Crippen LogP contribution in [0, 0.1) is 0 Å². The summed E-state index contributed by atoms with van der Waals surface area (Å²) in [6, 6.07) is 12.6. The Balaban J connectivity index is 1.36. The molecule has 26 heavy (non-hydrogen) atoms. The van der Waals surface area contributed by atoms with E-state index in [0.717, 1.165) is 18.6 Å². The molecule has 6 nitrogen and oxygen atoms in total. The van der Waals surface area contributed by atoms with Crippen LogP contribution in [0.15, 0.2) is 42.5 Å². The zero-order valence-corrected chi connectivity index (χ0v) is 14.5. The van der Waals surface area contributed by atoms with E-state index < -0.39 is 5.91 Å². The topological polar surface area (TPSA) is 90.7 Å². The SMILES string of the molecule is NC(=O)c1cccc(OCC(=O)NCCOc2ccc3c(c2)CCC3)c1. The van der Waals surface area contributed by atoms with Crippen molar-refractivity contribution in [3.8, 4) is 11.5 Å². The van der Waals surface area contributed by atoms with Crippen LogP contribution in [0.3, 0.4) is 0 Å². The first-order valence-corrected chi connectivity index (χ1v) is 8.66. The predicted octanol–water partition coefficient (Wildman–Crippen LogP) is 1.85. The number of aryl methyl sites for hydroxylation is 2. The minimum atomic E-state index is -0.538. The van der Waals surface area contributed by atoms with Crippen molar-refractivity contribution in [3.63, 3.8) is 0 Å². The Morgan fingerprint density at radius 3 is 2.65 bits per heavy atom. The van der Waals surface area contributed by atoms with Crippen LogP contribution in [-0.2, 0) is 17.6 Å². The van der Waals surface area contributed by atoms with Gasteiger partial charge in [-0.05, 0) is 60.7 Å². The lowest BCUT2D eigenvalue weighted by Gasteiger charge is -2.10. The molecule has 0 saturated heterocycles. The number of hydrogen-bond acceptors (Lipinski definition) is 4. The van der Waals surface area contributed by atoms with Crippen molar-refractivity contribution in [2.24, 2.45) is 5.73 Å². The highest BCUT2D eigenvalue weighted by molar-refractivity contribution is 5.93. The smallest absolute Gasteiger partial charge is 0.258 e. The summed E-state index contributed by atoms with van der Waals surface area (Å²) >= 11 is 0. The van der Waals surface area contributed by atoms with Gasteiger partial charge in [0.25, 0.3) is 5.91 Å². The second-order valence-electron chi connectivity index (χ2n) is 6.16. The molecular weight excluding hydrogens is 332 g/mol. The number of amides is 2. The molecule has 2 amide bonds. The first-order chi connectivity index (χ1) is 12.6. The third-order valence-electron chi connectivity index (χ3n) is 4.25. The van der Waals surface area contributed by atoms with Crippen LogP contribution >= 0.6 is 0 Å². The number of ether oxygens (including phenoxy) is 2. The highest BCUT2D eigenvalue weighted by atomic mass is 16.5. The Kier molecular flexibility index (Phi) is 5.73. The Hall–Kier alpha value is -3.02. The second kappa shape index (κ2) is 8.38. The quantitative estimate of drug-likeness (QED) is 0.708. The molecule has 0 unspecified atom stereocenters. The third-order valence-corrected chi connectivity index (χ3v) is 4.25. The maximum Gasteiger partial charge on any atom is 0.258 e. The summed E-state index contributed by atoms with van der Waals surface area (Å²) in [5.41, 5.74) is 8.31. The summed E-state index contributed by atoms with van der Waals surface area (Å²) in [5.74, 6) is 0.459. The zero-order chi connectivity index (χ0) is 18.4. The van der Waals surface area contributed by atoms with E-state index in [1.807, 2.05) is 6.07 Å². The van der Waals surface area contributed by atoms with Crippen LogP contribution in [0.2, 0.25) is 0 Å². The molecule has 1 aliphatic carbocycles. The van der Waals surface area contributed by atoms with Gasteiger partial charge in [-0.2, -0.15) is 0 Å². The van der Waals surface area contributed by atoms with Crippen molar-refractivity contribution < 1.29 is 19.1 Å². The van der Waals surface area contributed by atoms with Crippen molar-refractivity contribution in [1.29, 1.82) is 0 Å². The fraction of sp³-hybridized carbons (Fsp3) is 0.300. The number of fused-ring (bicyclic) bond motifs is 1. The molecule has 0 spiro atoms. The van der Waals surface area contributed by atoms with Gasteiger partial charge in [0.05, 0.1) is 6.54 Å². The molecule has 0 saturated carbocycles. The summed E-state index contributed by atoms with van der Waals surface area (Å²) in [4.78, 5) is 22.9. The molecule has 2 aromatic carbocycles.